The van der Waals surface area contributed by atoms with E-state index in [1.807, 2.05) is 23.6 Å². The summed E-state index contributed by atoms with van der Waals surface area (Å²) in [6.45, 7) is 1.11. The van der Waals surface area contributed by atoms with Crippen LogP contribution in [0.15, 0.2) is 63.2 Å². The number of rotatable bonds is 6. The molecule has 3 nitrogen and oxygen atoms in total. The molecule has 1 aromatic carbocycles. The number of carbonyl (C=O) groups excluding carboxylic acids is 1. The van der Waals surface area contributed by atoms with Crippen molar-refractivity contribution in [3.8, 4) is 0 Å². The maximum absolute atomic E-state index is 13.0. The Balaban J connectivity index is 1.82. The Morgan fingerprint density at radius 3 is 2.88 bits per heavy atom. The molecule has 0 bridgehead atoms. The van der Waals surface area contributed by atoms with E-state index in [4.69, 9.17) is 16.0 Å². The lowest BCUT2D eigenvalue weighted by molar-refractivity contribution is 0.0745. The largest absolute Gasteiger partial charge is 0.472 e. The van der Waals surface area contributed by atoms with Crippen LogP contribution in [-0.4, -0.2) is 17.4 Å². The smallest absolute Gasteiger partial charge is 0.255 e. The van der Waals surface area contributed by atoms with E-state index in [1.165, 1.54) is 4.88 Å². The van der Waals surface area contributed by atoms with Crippen LogP contribution >= 0.6 is 38.9 Å². The van der Waals surface area contributed by atoms with Gasteiger partial charge in [-0.05, 0) is 42.1 Å². The van der Waals surface area contributed by atoms with Gasteiger partial charge in [-0.2, -0.15) is 0 Å². The molecule has 0 aliphatic rings. The fourth-order valence-electron chi connectivity index (χ4n) is 2.39. The Morgan fingerprint density at radius 1 is 1.29 bits per heavy atom. The molecule has 0 spiro atoms. The molecule has 0 radical (unpaired) electrons. The minimum Gasteiger partial charge on any atom is -0.472 e. The average Bonchev–Trinajstić information content (AvgIpc) is 3.26. The van der Waals surface area contributed by atoms with Gasteiger partial charge in [-0.3, -0.25) is 4.79 Å². The number of thiophene rings is 1. The Bertz CT molecular complexity index is 803. The van der Waals surface area contributed by atoms with Crippen LogP contribution in [0.4, 0.5) is 0 Å². The summed E-state index contributed by atoms with van der Waals surface area (Å²) in [5.41, 5.74) is 1.46. The van der Waals surface area contributed by atoms with Gasteiger partial charge in [-0.25, -0.2) is 0 Å². The van der Waals surface area contributed by atoms with E-state index in [9.17, 15) is 4.79 Å². The highest BCUT2D eigenvalue weighted by Crippen LogP contribution is 2.23. The average molecular weight is 425 g/mol. The number of halogens is 2. The van der Waals surface area contributed by atoms with Crippen molar-refractivity contribution in [2.24, 2.45) is 0 Å². The molecule has 24 heavy (non-hydrogen) atoms. The van der Waals surface area contributed by atoms with Crippen LogP contribution in [0.2, 0.25) is 5.02 Å². The van der Waals surface area contributed by atoms with Crippen molar-refractivity contribution in [1.82, 2.24) is 4.90 Å². The van der Waals surface area contributed by atoms with Gasteiger partial charge in [0.1, 0.15) is 0 Å². The zero-order valence-electron chi connectivity index (χ0n) is 12.7. The first-order valence-electron chi connectivity index (χ1n) is 7.41. The van der Waals surface area contributed by atoms with Crippen molar-refractivity contribution in [1.29, 1.82) is 0 Å². The number of carbonyl (C=O) groups is 1. The van der Waals surface area contributed by atoms with Gasteiger partial charge in [0.25, 0.3) is 5.91 Å². The normalized spacial score (nSPS) is 10.8. The first-order valence-corrected chi connectivity index (χ1v) is 9.46. The van der Waals surface area contributed by atoms with Crippen molar-refractivity contribution in [3.05, 3.63) is 79.8 Å². The molecule has 2 aromatic heterocycles. The summed E-state index contributed by atoms with van der Waals surface area (Å²) < 4.78 is 5.95. The number of nitrogens with zero attached hydrogens (tertiary/aromatic N) is 1. The van der Waals surface area contributed by atoms with Gasteiger partial charge in [0.2, 0.25) is 0 Å². The van der Waals surface area contributed by atoms with Crippen molar-refractivity contribution < 1.29 is 9.21 Å². The van der Waals surface area contributed by atoms with Crippen LogP contribution in [-0.2, 0) is 13.0 Å². The highest BCUT2D eigenvalue weighted by atomic mass is 79.9. The van der Waals surface area contributed by atoms with Gasteiger partial charge >= 0.3 is 0 Å². The molecule has 0 saturated carbocycles. The maximum Gasteiger partial charge on any atom is 0.255 e. The molecule has 124 valence electrons. The predicted molar refractivity (Wildman–Crippen MR) is 101 cm³/mol. The van der Waals surface area contributed by atoms with Crippen molar-refractivity contribution in [3.63, 3.8) is 0 Å². The van der Waals surface area contributed by atoms with Crippen molar-refractivity contribution in [2.75, 3.05) is 6.54 Å². The van der Waals surface area contributed by atoms with Crippen LogP contribution in [0.25, 0.3) is 0 Å². The molecule has 0 N–H and O–H groups in total. The number of hydrogen-bond donors (Lipinski definition) is 0. The van der Waals surface area contributed by atoms with E-state index in [0.29, 0.717) is 23.7 Å². The second-order valence-corrected chi connectivity index (χ2v) is 7.67. The van der Waals surface area contributed by atoms with Crippen molar-refractivity contribution >= 4 is 44.8 Å². The van der Waals surface area contributed by atoms with E-state index in [-0.39, 0.29) is 5.91 Å². The molecular formula is C18H15BrClNO2S. The molecule has 0 fully saturated rings. The number of hydrogen-bond acceptors (Lipinski definition) is 3. The van der Waals surface area contributed by atoms with Gasteiger partial charge in [-0.1, -0.05) is 33.6 Å². The van der Waals surface area contributed by atoms with Crippen LogP contribution in [0, 0.1) is 0 Å². The summed E-state index contributed by atoms with van der Waals surface area (Å²) in [5, 5.41) is 2.50. The van der Waals surface area contributed by atoms with E-state index >= 15 is 0 Å². The third-order valence-corrected chi connectivity index (χ3v) is 5.37. The predicted octanol–water partition coefficient (Wildman–Crippen LogP) is 5.64. The van der Waals surface area contributed by atoms with Gasteiger partial charge in [0.15, 0.2) is 0 Å². The second kappa shape index (κ2) is 8.01. The van der Waals surface area contributed by atoms with Crippen molar-refractivity contribution in [2.45, 2.75) is 13.0 Å². The molecule has 0 unspecified atom stereocenters. The molecule has 0 saturated heterocycles. The van der Waals surface area contributed by atoms with E-state index in [1.54, 1.807) is 40.9 Å². The molecule has 3 rings (SSSR count). The minimum atomic E-state index is -0.0842. The van der Waals surface area contributed by atoms with E-state index < -0.39 is 0 Å². The third kappa shape index (κ3) is 4.29. The van der Waals surface area contributed by atoms with Gasteiger partial charge < -0.3 is 9.32 Å². The summed E-state index contributed by atoms with van der Waals surface area (Å²) in [7, 11) is 0. The Hall–Kier alpha value is -1.56. The van der Waals surface area contributed by atoms with E-state index in [0.717, 1.165) is 16.5 Å². The van der Waals surface area contributed by atoms with Crippen LogP contribution in [0.3, 0.4) is 0 Å². The molecule has 2 heterocycles. The first-order chi connectivity index (χ1) is 11.6. The first kappa shape index (κ1) is 17.3. The Labute approximate surface area is 158 Å². The summed E-state index contributed by atoms with van der Waals surface area (Å²) in [4.78, 5) is 16.1. The molecule has 3 aromatic rings. The molecule has 0 atom stereocenters. The summed E-state index contributed by atoms with van der Waals surface area (Å²) >= 11 is 11.3. The molecule has 0 aliphatic carbocycles. The molecule has 1 amide bonds. The number of amides is 1. The third-order valence-electron chi connectivity index (χ3n) is 3.61. The van der Waals surface area contributed by atoms with Crippen LogP contribution < -0.4 is 0 Å². The lowest BCUT2D eigenvalue weighted by Gasteiger charge is -2.22. The summed E-state index contributed by atoms with van der Waals surface area (Å²) in [6, 6.07) is 11.3. The monoisotopic (exact) mass is 423 g/mol. The lowest BCUT2D eigenvalue weighted by atomic mass is 10.1. The SMILES string of the molecule is O=C(c1cc(Br)ccc1Cl)N(CCc1cccs1)Cc1ccoc1. The number of furan rings is 1. The molecule has 0 aliphatic heterocycles. The van der Waals surface area contributed by atoms with Gasteiger partial charge in [-0.15, -0.1) is 11.3 Å². The summed E-state index contributed by atoms with van der Waals surface area (Å²) in [6.07, 6.45) is 4.09. The van der Waals surface area contributed by atoms with E-state index in [2.05, 4.69) is 22.0 Å². The fraction of sp³-hybridized carbons (Fsp3) is 0.167. The highest BCUT2D eigenvalue weighted by molar-refractivity contribution is 9.10. The molecule has 6 heteroatoms. The van der Waals surface area contributed by atoms with Gasteiger partial charge in [0.05, 0.1) is 23.1 Å². The Morgan fingerprint density at radius 2 is 2.17 bits per heavy atom. The summed E-state index contributed by atoms with van der Waals surface area (Å²) in [5.74, 6) is -0.0842. The minimum absolute atomic E-state index is 0.0842. The highest BCUT2D eigenvalue weighted by Gasteiger charge is 2.19. The Kier molecular flexibility index (Phi) is 5.76. The topological polar surface area (TPSA) is 33.5 Å². The van der Waals surface area contributed by atoms with Gasteiger partial charge in [0, 0.05) is 28.0 Å². The maximum atomic E-state index is 13.0. The number of benzene rings is 1. The quantitative estimate of drug-likeness (QED) is 0.513. The zero-order valence-corrected chi connectivity index (χ0v) is 15.9. The lowest BCUT2D eigenvalue weighted by Crippen LogP contribution is -2.32. The fourth-order valence-corrected chi connectivity index (χ4v) is 3.64. The zero-order chi connectivity index (χ0) is 16.9. The van der Waals surface area contributed by atoms with Crippen LogP contribution in [0.5, 0.6) is 0 Å². The van der Waals surface area contributed by atoms with Crippen LogP contribution in [0.1, 0.15) is 20.8 Å². The standard InChI is InChI=1S/C18H15BrClNO2S/c19-14-3-4-17(20)16(10-14)18(22)21(11-13-6-8-23-12-13)7-5-15-2-1-9-24-15/h1-4,6,8-10,12H,5,7,11H2. The second-order valence-electron chi connectivity index (χ2n) is 5.31. The molecular weight excluding hydrogens is 410 g/mol.